The molecule has 5 nitrogen and oxygen atoms in total. The highest BCUT2D eigenvalue weighted by Crippen LogP contribution is 2.71. The first kappa shape index (κ1) is 17.4. The maximum atomic E-state index is 13.7. The first-order valence-corrected chi connectivity index (χ1v) is 9.18. The van der Waals surface area contributed by atoms with E-state index < -0.39 is 35.7 Å². The van der Waals surface area contributed by atoms with Crippen molar-refractivity contribution in [3.05, 3.63) is 23.3 Å². The van der Waals surface area contributed by atoms with Crippen molar-refractivity contribution in [1.82, 2.24) is 0 Å². The quantitative estimate of drug-likeness (QED) is 0.526. The minimum atomic E-state index is -2.03. The lowest BCUT2D eigenvalue weighted by Gasteiger charge is -2.48. The van der Waals surface area contributed by atoms with Crippen LogP contribution in [0.15, 0.2) is 23.3 Å². The number of hydrogen-bond acceptors (Lipinski definition) is 5. The molecule has 2 fully saturated rings. The van der Waals surface area contributed by atoms with Crippen molar-refractivity contribution in [2.75, 3.05) is 6.61 Å². The Morgan fingerprint density at radius 3 is 2.48 bits per heavy atom. The van der Waals surface area contributed by atoms with E-state index in [2.05, 4.69) is 13.8 Å². The average molecular weight is 348 g/mol. The van der Waals surface area contributed by atoms with Crippen molar-refractivity contribution in [1.29, 1.82) is 0 Å². The van der Waals surface area contributed by atoms with E-state index in [0.717, 1.165) is 6.42 Å². The largest absolute Gasteiger partial charge is 0.392 e. The lowest BCUT2D eigenvalue weighted by Crippen LogP contribution is -2.65. The van der Waals surface area contributed by atoms with Crippen molar-refractivity contribution in [2.24, 2.45) is 34.5 Å². The Balaban J connectivity index is 1.99. The third-order valence-electron chi connectivity index (χ3n) is 7.93. The summed E-state index contributed by atoms with van der Waals surface area (Å²) in [5.41, 5.74) is -2.58. The van der Waals surface area contributed by atoms with Crippen molar-refractivity contribution < 1.29 is 25.2 Å². The molecule has 25 heavy (non-hydrogen) atoms. The topological polar surface area (TPSA) is 98.0 Å². The molecule has 5 heteroatoms. The van der Waals surface area contributed by atoms with Crippen LogP contribution < -0.4 is 0 Å². The molecule has 0 saturated heterocycles. The molecular formula is C20H28O5. The average Bonchev–Trinajstić information content (AvgIpc) is 3.05. The summed E-state index contributed by atoms with van der Waals surface area (Å²) in [5.74, 6) is -0.288. The molecule has 0 amide bonds. The molecule has 4 aliphatic carbocycles. The van der Waals surface area contributed by atoms with Gasteiger partial charge in [0.1, 0.15) is 17.8 Å². The fraction of sp³-hybridized carbons (Fsp3) is 0.750. The molecule has 0 radical (unpaired) electrons. The summed E-state index contributed by atoms with van der Waals surface area (Å²) < 4.78 is 0. The van der Waals surface area contributed by atoms with E-state index in [9.17, 15) is 25.2 Å². The summed E-state index contributed by atoms with van der Waals surface area (Å²) in [4.78, 5) is 13.7. The third kappa shape index (κ3) is 1.71. The van der Waals surface area contributed by atoms with Crippen LogP contribution in [0.2, 0.25) is 0 Å². The van der Waals surface area contributed by atoms with Crippen LogP contribution in [0.25, 0.3) is 0 Å². The number of ketones is 1. The van der Waals surface area contributed by atoms with Gasteiger partial charge in [0.25, 0.3) is 0 Å². The number of carbonyl (C=O) groups is 1. The van der Waals surface area contributed by atoms with Gasteiger partial charge in [-0.2, -0.15) is 0 Å². The van der Waals surface area contributed by atoms with E-state index >= 15 is 0 Å². The van der Waals surface area contributed by atoms with Crippen LogP contribution in [-0.4, -0.2) is 50.6 Å². The summed E-state index contributed by atoms with van der Waals surface area (Å²) in [6.45, 7) is 7.50. The van der Waals surface area contributed by atoms with Gasteiger partial charge in [-0.15, -0.1) is 0 Å². The molecule has 0 heterocycles. The molecule has 4 aliphatic rings. The Bertz CT molecular complexity index is 707. The minimum Gasteiger partial charge on any atom is -0.392 e. The second-order valence-corrected chi connectivity index (χ2v) is 9.27. The van der Waals surface area contributed by atoms with Gasteiger partial charge in [-0.3, -0.25) is 4.79 Å². The number of aliphatic hydroxyl groups excluding tert-OH is 3. The molecule has 2 bridgehead atoms. The van der Waals surface area contributed by atoms with Gasteiger partial charge in [0.15, 0.2) is 5.78 Å². The normalized spacial score (nSPS) is 53.2. The highest BCUT2D eigenvalue weighted by molar-refractivity contribution is 5.95. The monoisotopic (exact) mass is 348 g/mol. The van der Waals surface area contributed by atoms with E-state index in [1.165, 1.54) is 0 Å². The van der Waals surface area contributed by atoms with Crippen LogP contribution in [0.3, 0.4) is 0 Å². The molecule has 0 aliphatic heterocycles. The van der Waals surface area contributed by atoms with Crippen molar-refractivity contribution in [3.63, 3.8) is 0 Å². The highest BCUT2D eigenvalue weighted by Gasteiger charge is 2.75. The number of hydrogen-bond donors (Lipinski definition) is 4. The third-order valence-corrected chi connectivity index (χ3v) is 7.93. The second-order valence-electron chi connectivity index (χ2n) is 9.27. The smallest absolute Gasteiger partial charge is 0.153 e. The molecule has 1 spiro atoms. The van der Waals surface area contributed by atoms with E-state index in [0.29, 0.717) is 11.5 Å². The second kappa shape index (κ2) is 4.83. The molecule has 0 unspecified atom stereocenters. The van der Waals surface area contributed by atoms with Crippen LogP contribution in [0.1, 0.15) is 34.1 Å². The highest BCUT2D eigenvalue weighted by atomic mass is 16.4. The van der Waals surface area contributed by atoms with E-state index in [-0.39, 0.29) is 28.6 Å². The van der Waals surface area contributed by atoms with Gasteiger partial charge in [0.2, 0.25) is 0 Å². The van der Waals surface area contributed by atoms with E-state index in [1.807, 2.05) is 6.92 Å². The van der Waals surface area contributed by atoms with Gasteiger partial charge in [-0.05, 0) is 47.7 Å². The first-order valence-electron chi connectivity index (χ1n) is 9.18. The molecule has 0 aromatic rings. The van der Waals surface area contributed by atoms with Gasteiger partial charge in [0.05, 0.1) is 12.0 Å². The molecule has 2 saturated carbocycles. The summed E-state index contributed by atoms with van der Waals surface area (Å²) in [7, 11) is 0. The Kier molecular flexibility index (Phi) is 3.36. The zero-order valence-corrected chi connectivity index (χ0v) is 15.2. The minimum absolute atomic E-state index is 0.0245. The summed E-state index contributed by atoms with van der Waals surface area (Å²) in [5, 5.41) is 43.0. The molecule has 4 rings (SSSR count). The van der Waals surface area contributed by atoms with Gasteiger partial charge >= 0.3 is 0 Å². The Hall–Kier alpha value is -1.01. The first-order chi connectivity index (χ1) is 11.5. The summed E-state index contributed by atoms with van der Waals surface area (Å²) >= 11 is 0. The summed E-state index contributed by atoms with van der Waals surface area (Å²) in [6, 6.07) is 0. The molecule has 0 aromatic heterocycles. The van der Waals surface area contributed by atoms with Gasteiger partial charge in [-0.25, -0.2) is 0 Å². The molecular weight excluding hydrogens is 320 g/mol. The number of fused-ring (bicyclic) bond motifs is 3. The molecule has 4 N–H and O–H groups in total. The van der Waals surface area contributed by atoms with Crippen LogP contribution in [0, 0.1) is 34.5 Å². The van der Waals surface area contributed by atoms with E-state index in [4.69, 9.17) is 0 Å². The Morgan fingerprint density at radius 2 is 1.88 bits per heavy atom. The van der Waals surface area contributed by atoms with E-state index in [1.54, 1.807) is 19.1 Å². The fourth-order valence-corrected chi connectivity index (χ4v) is 6.43. The summed E-state index contributed by atoms with van der Waals surface area (Å²) in [6.07, 6.45) is 1.34. The number of carbonyl (C=O) groups excluding carboxylic acids is 1. The van der Waals surface area contributed by atoms with Crippen molar-refractivity contribution >= 4 is 5.78 Å². The lowest BCUT2D eigenvalue weighted by molar-refractivity contribution is -0.190. The standard InChI is InChI=1S/C20H28O5/c1-9-7-19-10(2)5-13-14(18(13,3)4)12(17(19)24)6-11(8-21)16(23)20(19,25)15(9)22/h6-7,10,12-16,21-23,25H,5,8H2,1-4H3/t10-,12+,13-,14+,15+,16+,19+,20-/m0/s1. The van der Waals surface area contributed by atoms with Crippen LogP contribution in [0.4, 0.5) is 0 Å². The van der Waals surface area contributed by atoms with Crippen LogP contribution >= 0.6 is 0 Å². The maximum absolute atomic E-state index is 13.7. The molecule has 8 atom stereocenters. The maximum Gasteiger partial charge on any atom is 0.153 e. The van der Waals surface area contributed by atoms with Crippen LogP contribution in [0.5, 0.6) is 0 Å². The van der Waals surface area contributed by atoms with Gasteiger partial charge in [-0.1, -0.05) is 32.9 Å². The predicted molar refractivity (Wildman–Crippen MR) is 91.4 cm³/mol. The number of allylic oxidation sites excluding steroid dienone is 1. The number of Topliss-reactive ketones (excluding diaryl/α,β-unsaturated/α-hetero) is 1. The van der Waals surface area contributed by atoms with Crippen molar-refractivity contribution in [2.45, 2.75) is 51.9 Å². The SMILES string of the molecule is CC1=C[C@@]23C(=O)[C@H](C=C(CO)[C@@H](O)[C@@]2(O)[C@@H]1O)[C@@H]1[C@H](C[C@@H]3C)C1(C)C. The number of aliphatic hydroxyl groups is 4. The predicted octanol–water partition coefficient (Wildman–Crippen LogP) is 0.815. The Labute approximate surface area is 148 Å². The van der Waals surface area contributed by atoms with Crippen LogP contribution in [-0.2, 0) is 4.79 Å². The van der Waals surface area contributed by atoms with Crippen molar-refractivity contribution in [3.8, 4) is 0 Å². The number of rotatable bonds is 1. The Morgan fingerprint density at radius 1 is 1.24 bits per heavy atom. The van der Waals surface area contributed by atoms with Gasteiger partial charge in [0, 0.05) is 5.92 Å². The lowest BCUT2D eigenvalue weighted by atomic mass is 9.59. The zero-order chi connectivity index (χ0) is 18.5. The molecule has 138 valence electrons. The zero-order valence-electron chi connectivity index (χ0n) is 15.2. The van der Waals surface area contributed by atoms with Gasteiger partial charge < -0.3 is 20.4 Å². The fourth-order valence-electron chi connectivity index (χ4n) is 6.43. The molecule has 0 aromatic carbocycles.